The molecule has 0 saturated carbocycles. The number of ether oxygens (including phenoxy) is 1. The third kappa shape index (κ3) is 3.48. The van der Waals surface area contributed by atoms with Gasteiger partial charge in [0.25, 0.3) is 0 Å². The Labute approximate surface area is 127 Å². The summed E-state index contributed by atoms with van der Waals surface area (Å²) in [7, 11) is 0. The third-order valence-electron chi connectivity index (χ3n) is 2.76. The van der Waals surface area contributed by atoms with E-state index >= 15 is 0 Å². The van der Waals surface area contributed by atoms with Gasteiger partial charge in [0.2, 0.25) is 0 Å². The number of hydrogen-bond acceptors (Lipinski definition) is 5. The van der Waals surface area contributed by atoms with E-state index in [4.69, 9.17) is 9.84 Å². The third-order valence-corrected chi connectivity index (χ3v) is 5.59. The van der Waals surface area contributed by atoms with E-state index in [0.717, 1.165) is 4.46 Å². The van der Waals surface area contributed by atoms with E-state index in [1.807, 2.05) is 30.3 Å². The van der Waals surface area contributed by atoms with Crippen LogP contribution >= 0.6 is 0 Å². The van der Waals surface area contributed by atoms with Gasteiger partial charge in [0, 0.05) is 0 Å². The van der Waals surface area contributed by atoms with Crippen LogP contribution in [0.15, 0.2) is 30.3 Å². The molecule has 1 fully saturated rings. The Morgan fingerprint density at radius 1 is 1.10 bits per heavy atom. The number of urea groups is 1. The van der Waals surface area contributed by atoms with Crippen LogP contribution < -0.4 is 15.1 Å². The summed E-state index contributed by atoms with van der Waals surface area (Å²) in [5, 5.41) is 13.0. The van der Waals surface area contributed by atoms with Gasteiger partial charge in [-0.1, -0.05) is 0 Å². The molecule has 4 amide bonds. The van der Waals surface area contributed by atoms with Crippen LogP contribution in [-0.2, 0) is 14.3 Å². The van der Waals surface area contributed by atoms with E-state index in [1.54, 1.807) is 0 Å². The van der Waals surface area contributed by atoms with Gasteiger partial charge in [-0.25, -0.2) is 0 Å². The van der Waals surface area contributed by atoms with Crippen LogP contribution in [0.5, 0.6) is 0 Å². The number of imide groups is 2. The zero-order valence-corrected chi connectivity index (χ0v) is 12.7. The van der Waals surface area contributed by atoms with Gasteiger partial charge in [-0.15, -0.1) is 0 Å². The van der Waals surface area contributed by atoms with Crippen molar-refractivity contribution in [3.63, 3.8) is 0 Å². The molecule has 112 valence electrons. The quantitative estimate of drug-likeness (QED) is 0.328. The number of rotatable bonds is 6. The molecular formula is C13H14N2O5Se. The number of hydrogen-bond donors (Lipinski definition) is 3. The molecule has 1 aromatic rings. The standard InChI is InChI=1S/C13H14N2O5Se/c16-6-7-20-8-13(21-9-4-2-1-3-5-9)10(17)14-12(19)15-11(13)18/h1-5,16H,6-8H2,(H2,14,15,17,18,19). The second-order valence-corrected chi connectivity index (χ2v) is 7.14. The Morgan fingerprint density at radius 3 is 2.29 bits per heavy atom. The van der Waals surface area contributed by atoms with Crippen molar-refractivity contribution in [2.24, 2.45) is 0 Å². The fraction of sp³-hybridized carbons (Fsp3) is 0.308. The van der Waals surface area contributed by atoms with Gasteiger partial charge in [0.1, 0.15) is 0 Å². The van der Waals surface area contributed by atoms with Crippen molar-refractivity contribution in [3.8, 4) is 0 Å². The van der Waals surface area contributed by atoms with Crippen molar-refractivity contribution < 1.29 is 24.2 Å². The molecule has 1 aliphatic rings. The SMILES string of the molecule is O=C1NC(=O)C(COCCO)([Se]c2ccccc2)C(=O)N1. The molecule has 0 radical (unpaired) electrons. The Hall–Kier alpha value is -1.73. The summed E-state index contributed by atoms with van der Waals surface area (Å²) >= 11 is -0.571. The first-order chi connectivity index (χ1) is 10.1. The first-order valence-electron chi connectivity index (χ1n) is 6.18. The number of nitrogens with one attached hydrogen (secondary N) is 2. The van der Waals surface area contributed by atoms with Crippen LogP contribution in [0.4, 0.5) is 4.79 Å². The van der Waals surface area contributed by atoms with Crippen molar-refractivity contribution in [2.75, 3.05) is 19.8 Å². The Bertz CT molecular complexity index is 529. The van der Waals surface area contributed by atoms with E-state index in [1.165, 1.54) is 0 Å². The minimum atomic E-state index is -1.46. The fourth-order valence-corrected chi connectivity index (χ4v) is 4.13. The predicted molar refractivity (Wildman–Crippen MR) is 74.1 cm³/mol. The van der Waals surface area contributed by atoms with Crippen molar-refractivity contribution in [1.82, 2.24) is 10.6 Å². The number of carbonyl (C=O) groups is 3. The van der Waals surface area contributed by atoms with Crippen molar-refractivity contribution in [2.45, 2.75) is 4.31 Å². The molecule has 8 heteroatoms. The Kier molecular flexibility index (Phi) is 5.08. The Balaban J connectivity index is 2.27. The summed E-state index contributed by atoms with van der Waals surface area (Å²) in [6.07, 6.45) is 0. The first kappa shape index (κ1) is 15.7. The van der Waals surface area contributed by atoms with Crippen LogP contribution in [0.3, 0.4) is 0 Å². The van der Waals surface area contributed by atoms with Crippen molar-refractivity contribution in [3.05, 3.63) is 30.3 Å². The fourth-order valence-electron chi connectivity index (χ4n) is 1.77. The molecule has 0 atom stereocenters. The van der Waals surface area contributed by atoms with Gasteiger partial charge in [-0.3, -0.25) is 0 Å². The summed E-state index contributed by atoms with van der Waals surface area (Å²) in [6, 6.07) is 8.24. The monoisotopic (exact) mass is 358 g/mol. The second kappa shape index (κ2) is 6.82. The number of aliphatic hydroxyl groups is 1. The number of benzene rings is 1. The summed E-state index contributed by atoms with van der Waals surface area (Å²) in [4.78, 5) is 35.6. The molecule has 7 nitrogen and oxygen atoms in total. The van der Waals surface area contributed by atoms with Gasteiger partial charge in [0.15, 0.2) is 0 Å². The predicted octanol–water partition coefficient (Wildman–Crippen LogP) is -1.45. The van der Waals surface area contributed by atoms with Crippen molar-refractivity contribution >= 4 is 37.3 Å². The van der Waals surface area contributed by atoms with E-state index in [2.05, 4.69) is 10.6 Å². The summed E-state index contributed by atoms with van der Waals surface area (Å²) in [6.45, 7) is -0.384. The van der Waals surface area contributed by atoms with Gasteiger partial charge < -0.3 is 0 Å². The van der Waals surface area contributed by atoms with E-state index in [9.17, 15) is 14.4 Å². The molecule has 3 N–H and O–H groups in total. The van der Waals surface area contributed by atoms with Crippen molar-refractivity contribution in [1.29, 1.82) is 0 Å². The molecule has 0 unspecified atom stereocenters. The number of carbonyl (C=O) groups excluding carboxylic acids is 3. The second-order valence-electron chi connectivity index (χ2n) is 4.26. The first-order valence-corrected chi connectivity index (χ1v) is 7.89. The maximum absolute atomic E-state index is 12.2. The average Bonchev–Trinajstić information content (AvgIpc) is 2.45. The zero-order valence-electron chi connectivity index (χ0n) is 11.0. The summed E-state index contributed by atoms with van der Waals surface area (Å²) in [5.74, 6) is -1.34. The number of aliphatic hydroxyl groups excluding tert-OH is 1. The van der Waals surface area contributed by atoms with Crippen LogP contribution in [0.1, 0.15) is 0 Å². The molecule has 1 heterocycles. The molecule has 1 aromatic carbocycles. The molecule has 0 bridgehead atoms. The van der Waals surface area contributed by atoms with E-state index < -0.39 is 37.1 Å². The Morgan fingerprint density at radius 2 is 1.71 bits per heavy atom. The summed E-state index contributed by atoms with van der Waals surface area (Å²) < 4.78 is 4.58. The normalized spacial score (nSPS) is 17.3. The topological polar surface area (TPSA) is 105 Å². The molecule has 0 spiro atoms. The molecule has 0 aliphatic carbocycles. The van der Waals surface area contributed by atoms with E-state index in [-0.39, 0.29) is 19.8 Å². The van der Waals surface area contributed by atoms with Crippen LogP contribution in [0, 0.1) is 0 Å². The van der Waals surface area contributed by atoms with Crippen LogP contribution in [0.2, 0.25) is 4.31 Å². The number of amides is 4. The average molecular weight is 357 g/mol. The molecule has 1 aliphatic heterocycles. The van der Waals surface area contributed by atoms with Gasteiger partial charge in [-0.05, 0) is 0 Å². The van der Waals surface area contributed by atoms with E-state index in [0.29, 0.717) is 0 Å². The molecule has 0 aromatic heterocycles. The summed E-state index contributed by atoms with van der Waals surface area (Å²) in [5.41, 5.74) is 0. The molecular weight excluding hydrogens is 343 g/mol. The molecule has 2 rings (SSSR count). The maximum atomic E-state index is 12.2. The van der Waals surface area contributed by atoms with Gasteiger partial charge >= 0.3 is 127 Å². The van der Waals surface area contributed by atoms with Crippen LogP contribution in [0.25, 0.3) is 0 Å². The minimum absolute atomic E-state index is 0.0150. The van der Waals surface area contributed by atoms with Gasteiger partial charge in [0.05, 0.1) is 0 Å². The molecule has 1 saturated heterocycles. The number of barbiturate groups is 1. The van der Waals surface area contributed by atoms with Gasteiger partial charge in [-0.2, -0.15) is 0 Å². The zero-order chi connectivity index (χ0) is 15.3. The molecule has 21 heavy (non-hydrogen) atoms. The van der Waals surface area contributed by atoms with Crippen LogP contribution in [-0.4, -0.2) is 57.7 Å².